The van der Waals surface area contributed by atoms with E-state index >= 15 is 0 Å². The molecule has 1 atom stereocenters. The first-order valence-corrected chi connectivity index (χ1v) is 6.64. The molecule has 2 aromatic rings. The van der Waals surface area contributed by atoms with Crippen LogP contribution in [0.1, 0.15) is 28.4 Å². The van der Waals surface area contributed by atoms with Crippen molar-refractivity contribution >= 4 is 5.91 Å². The summed E-state index contributed by atoms with van der Waals surface area (Å²) >= 11 is 0. The third-order valence-corrected chi connectivity index (χ3v) is 3.09. The number of hydrogen-bond donors (Lipinski definition) is 1. The summed E-state index contributed by atoms with van der Waals surface area (Å²) in [6.45, 7) is 1.88. The van der Waals surface area contributed by atoms with Crippen molar-refractivity contribution in [2.24, 2.45) is 0 Å². The molecule has 3 nitrogen and oxygen atoms in total. The molecule has 1 N–H and O–H groups in total. The Morgan fingerprint density at radius 2 is 2.00 bits per heavy atom. The molecule has 2 aromatic carbocycles. The van der Waals surface area contributed by atoms with Crippen LogP contribution < -0.4 is 5.32 Å². The standard InChI is InChI=1S/C17H15FN2O/c1-12(9-13-5-7-16(18)8-6-13)20-17(21)15-4-2-3-14(10-15)11-19/h2-8,10,12H,9H2,1H3,(H,20,21). The molecule has 1 amide bonds. The van der Waals surface area contributed by atoms with Crippen LogP contribution >= 0.6 is 0 Å². The summed E-state index contributed by atoms with van der Waals surface area (Å²) in [6.07, 6.45) is 0.615. The van der Waals surface area contributed by atoms with Crippen molar-refractivity contribution in [1.29, 1.82) is 5.26 Å². The molecular weight excluding hydrogens is 267 g/mol. The zero-order valence-electron chi connectivity index (χ0n) is 11.6. The van der Waals surface area contributed by atoms with Gasteiger partial charge in [0.2, 0.25) is 0 Å². The average Bonchev–Trinajstić information content (AvgIpc) is 2.49. The fourth-order valence-electron chi connectivity index (χ4n) is 2.06. The van der Waals surface area contributed by atoms with Crippen molar-refractivity contribution in [3.05, 3.63) is 71.0 Å². The first kappa shape index (κ1) is 14.7. The van der Waals surface area contributed by atoms with Crippen molar-refractivity contribution in [3.63, 3.8) is 0 Å². The quantitative estimate of drug-likeness (QED) is 0.937. The van der Waals surface area contributed by atoms with Gasteiger partial charge >= 0.3 is 0 Å². The van der Waals surface area contributed by atoms with Gasteiger partial charge in [-0.05, 0) is 49.2 Å². The van der Waals surface area contributed by atoms with Gasteiger partial charge in [0, 0.05) is 11.6 Å². The number of halogens is 1. The van der Waals surface area contributed by atoms with Gasteiger partial charge in [-0.15, -0.1) is 0 Å². The fourth-order valence-corrected chi connectivity index (χ4v) is 2.06. The minimum Gasteiger partial charge on any atom is -0.349 e. The van der Waals surface area contributed by atoms with Crippen LogP contribution in [0.4, 0.5) is 4.39 Å². The lowest BCUT2D eigenvalue weighted by molar-refractivity contribution is 0.0940. The molecule has 106 valence electrons. The minimum atomic E-state index is -0.274. The van der Waals surface area contributed by atoms with Gasteiger partial charge in [-0.2, -0.15) is 5.26 Å². The molecule has 0 bridgehead atoms. The Balaban J connectivity index is 1.98. The van der Waals surface area contributed by atoms with E-state index in [1.54, 1.807) is 36.4 Å². The number of benzene rings is 2. The highest BCUT2D eigenvalue weighted by atomic mass is 19.1. The van der Waals surface area contributed by atoms with E-state index in [1.807, 2.05) is 13.0 Å². The van der Waals surface area contributed by atoms with Gasteiger partial charge in [-0.1, -0.05) is 18.2 Å². The maximum atomic E-state index is 12.8. The van der Waals surface area contributed by atoms with E-state index in [2.05, 4.69) is 5.32 Å². The lowest BCUT2D eigenvalue weighted by atomic mass is 10.1. The van der Waals surface area contributed by atoms with Crippen molar-refractivity contribution in [3.8, 4) is 6.07 Å². The second-order valence-electron chi connectivity index (χ2n) is 4.90. The summed E-state index contributed by atoms with van der Waals surface area (Å²) < 4.78 is 12.8. The van der Waals surface area contributed by atoms with E-state index in [0.29, 0.717) is 17.5 Å². The highest BCUT2D eigenvalue weighted by Crippen LogP contribution is 2.08. The molecule has 0 heterocycles. The van der Waals surface area contributed by atoms with Gasteiger partial charge in [-0.25, -0.2) is 4.39 Å². The molecule has 2 rings (SSSR count). The monoisotopic (exact) mass is 282 g/mol. The summed E-state index contributed by atoms with van der Waals surface area (Å²) in [5, 5.41) is 11.7. The van der Waals surface area contributed by atoms with Crippen LogP contribution in [-0.2, 0) is 6.42 Å². The maximum Gasteiger partial charge on any atom is 0.251 e. The smallest absolute Gasteiger partial charge is 0.251 e. The Labute approximate surface area is 123 Å². The third-order valence-electron chi connectivity index (χ3n) is 3.09. The summed E-state index contributed by atoms with van der Waals surface area (Å²) in [6, 6.07) is 14.7. The molecule has 0 spiro atoms. The molecule has 0 fully saturated rings. The molecule has 0 aliphatic heterocycles. The Bertz CT molecular complexity index is 674. The molecule has 0 saturated carbocycles. The van der Waals surface area contributed by atoms with E-state index in [0.717, 1.165) is 5.56 Å². The fraction of sp³-hybridized carbons (Fsp3) is 0.176. The van der Waals surface area contributed by atoms with Gasteiger partial charge in [0.15, 0.2) is 0 Å². The van der Waals surface area contributed by atoms with Crippen LogP contribution in [0.15, 0.2) is 48.5 Å². The molecule has 1 unspecified atom stereocenters. The Hall–Kier alpha value is -2.67. The molecule has 0 radical (unpaired) electrons. The van der Waals surface area contributed by atoms with Crippen LogP contribution in [0.3, 0.4) is 0 Å². The van der Waals surface area contributed by atoms with E-state index in [-0.39, 0.29) is 17.8 Å². The van der Waals surface area contributed by atoms with Gasteiger partial charge < -0.3 is 5.32 Å². The van der Waals surface area contributed by atoms with Crippen molar-refractivity contribution in [2.75, 3.05) is 0 Å². The van der Waals surface area contributed by atoms with Gasteiger partial charge in [0.1, 0.15) is 5.82 Å². The molecule has 21 heavy (non-hydrogen) atoms. The number of nitrogens with zero attached hydrogens (tertiary/aromatic N) is 1. The number of amides is 1. The van der Waals surface area contributed by atoms with Crippen LogP contribution in [0.5, 0.6) is 0 Å². The molecule has 4 heteroatoms. The van der Waals surface area contributed by atoms with E-state index < -0.39 is 0 Å². The second-order valence-corrected chi connectivity index (χ2v) is 4.90. The van der Waals surface area contributed by atoms with Crippen LogP contribution in [0.25, 0.3) is 0 Å². The lowest BCUT2D eigenvalue weighted by Gasteiger charge is -2.14. The third kappa shape index (κ3) is 4.15. The van der Waals surface area contributed by atoms with E-state index in [9.17, 15) is 9.18 Å². The zero-order valence-corrected chi connectivity index (χ0v) is 11.6. The van der Waals surface area contributed by atoms with Crippen LogP contribution in [-0.4, -0.2) is 11.9 Å². The summed E-state index contributed by atoms with van der Waals surface area (Å²) in [5.41, 5.74) is 1.86. The van der Waals surface area contributed by atoms with Crippen molar-refractivity contribution < 1.29 is 9.18 Å². The van der Waals surface area contributed by atoms with Crippen LogP contribution in [0.2, 0.25) is 0 Å². The lowest BCUT2D eigenvalue weighted by Crippen LogP contribution is -2.34. The van der Waals surface area contributed by atoms with Gasteiger partial charge in [0.05, 0.1) is 11.6 Å². The summed E-state index contributed by atoms with van der Waals surface area (Å²) in [4.78, 5) is 12.1. The Kier molecular flexibility index (Phi) is 4.68. The normalized spacial score (nSPS) is 11.5. The number of nitriles is 1. The van der Waals surface area contributed by atoms with E-state index in [4.69, 9.17) is 5.26 Å². The Morgan fingerprint density at radius 3 is 2.67 bits per heavy atom. The second kappa shape index (κ2) is 6.67. The zero-order chi connectivity index (χ0) is 15.2. The Morgan fingerprint density at radius 1 is 1.29 bits per heavy atom. The minimum absolute atomic E-state index is 0.0892. The highest BCUT2D eigenvalue weighted by molar-refractivity contribution is 5.94. The first-order chi connectivity index (χ1) is 10.1. The first-order valence-electron chi connectivity index (χ1n) is 6.64. The maximum absolute atomic E-state index is 12.8. The molecular formula is C17H15FN2O. The number of nitrogens with one attached hydrogen (secondary N) is 1. The summed E-state index contributed by atoms with van der Waals surface area (Å²) in [5.74, 6) is -0.495. The number of rotatable bonds is 4. The molecule has 0 aromatic heterocycles. The SMILES string of the molecule is CC(Cc1ccc(F)cc1)NC(=O)c1cccc(C#N)c1. The molecule has 0 aliphatic carbocycles. The molecule has 0 aliphatic rings. The van der Waals surface area contributed by atoms with Gasteiger partial charge in [-0.3, -0.25) is 4.79 Å². The molecule has 0 saturated heterocycles. The number of carbonyl (C=O) groups excluding carboxylic acids is 1. The highest BCUT2D eigenvalue weighted by Gasteiger charge is 2.11. The van der Waals surface area contributed by atoms with E-state index in [1.165, 1.54) is 12.1 Å². The predicted molar refractivity (Wildman–Crippen MR) is 78.2 cm³/mol. The topological polar surface area (TPSA) is 52.9 Å². The van der Waals surface area contributed by atoms with Gasteiger partial charge in [0.25, 0.3) is 5.91 Å². The average molecular weight is 282 g/mol. The number of carbonyl (C=O) groups is 1. The predicted octanol–water partition coefficient (Wildman–Crippen LogP) is 3.06. The largest absolute Gasteiger partial charge is 0.349 e. The summed E-state index contributed by atoms with van der Waals surface area (Å²) in [7, 11) is 0. The van der Waals surface area contributed by atoms with Crippen LogP contribution in [0, 0.1) is 17.1 Å². The van der Waals surface area contributed by atoms with Crippen molar-refractivity contribution in [2.45, 2.75) is 19.4 Å². The van der Waals surface area contributed by atoms with Crippen molar-refractivity contribution in [1.82, 2.24) is 5.32 Å². The number of hydrogen-bond acceptors (Lipinski definition) is 2.